The van der Waals surface area contributed by atoms with E-state index in [1.165, 1.54) is 0 Å². The number of anilines is 1. The zero-order chi connectivity index (χ0) is 17.5. The van der Waals surface area contributed by atoms with Crippen LogP contribution in [0, 0.1) is 0 Å². The summed E-state index contributed by atoms with van der Waals surface area (Å²) in [6.45, 7) is 2.08. The van der Waals surface area contributed by atoms with Gasteiger partial charge in [-0.2, -0.15) is 0 Å². The van der Waals surface area contributed by atoms with E-state index in [4.69, 9.17) is 4.74 Å². The number of esters is 1. The van der Waals surface area contributed by atoms with Crippen LogP contribution in [0.4, 0.5) is 5.69 Å². The fourth-order valence-corrected chi connectivity index (χ4v) is 3.02. The van der Waals surface area contributed by atoms with Gasteiger partial charge in [0.05, 0.1) is 17.0 Å². The van der Waals surface area contributed by atoms with E-state index >= 15 is 0 Å². The molecule has 4 nitrogen and oxygen atoms in total. The Morgan fingerprint density at radius 2 is 1.67 bits per heavy atom. The smallest absolute Gasteiger partial charge is 0.338 e. The molecule has 0 aliphatic heterocycles. The second-order valence-electron chi connectivity index (χ2n) is 5.00. The van der Waals surface area contributed by atoms with Crippen LogP contribution in [-0.2, 0) is 9.53 Å². The normalized spacial score (nSPS) is 13.0. The van der Waals surface area contributed by atoms with Gasteiger partial charge < -0.3 is 10.1 Å². The second kappa shape index (κ2) is 8.99. The SMILES string of the molecule is CCOC(=O)c1ccc(NC(=O)C(Br)C(Br)c2ccccc2)cc1. The summed E-state index contributed by atoms with van der Waals surface area (Å²) in [5.41, 5.74) is 2.07. The van der Waals surface area contributed by atoms with Crippen LogP contribution in [0.5, 0.6) is 0 Å². The molecular weight excluding hydrogens is 438 g/mol. The highest BCUT2D eigenvalue weighted by Gasteiger charge is 2.25. The van der Waals surface area contributed by atoms with E-state index in [0.29, 0.717) is 17.9 Å². The van der Waals surface area contributed by atoms with Crippen LogP contribution in [0.25, 0.3) is 0 Å². The number of ether oxygens (including phenoxy) is 1. The lowest BCUT2D eigenvalue weighted by atomic mass is 10.1. The van der Waals surface area contributed by atoms with Crippen LogP contribution in [0.15, 0.2) is 54.6 Å². The van der Waals surface area contributed by atoms with Crippen molar-refractivity contribution in [3.05, 3.63) is 65.7 Å². The Bertz CT molecular complexity index is 689. The quantitative estimate of drug-likeness (QED) is 0.508. The van der Waals surface area contributed by atoms with Gasteiger partial charge in [-0.15, -0.1) is 0 Å². The molecule has 2 aromatic carbocycles. The van der Waals surface area contributed by atoms with Crippen LogP contribution in [0.3, 0.4) is 0 Å². The molecular formula is C18H17Br2NO3. The molecule has 2 aromatic rings. The van der Waals surface area contributed by atoms with Gasteiger partial charge >= 0.3 is 5.97 Å². The zero-order valence-corrected chi connectivity index (χ0v) is 16.2. The van der Waals surface area contributed by atoms with E-state index in [0.717, 1.165) is 5.56 Å². The lowest BCUT2D eigenvalue weighted by molar-refractivity contribution is -0.115. The zero-order valence-electron chi connectivity index (χ0n) is 13.0. The molecule has 2 atom stereocenters. The Morgan fingerprint density at radius 1 is 1.04 bits per heavy atom. The summed E-state index contributed by atoms with van der Waals surface area (Å²) < 4.78 is 4.93. The van der Waals surface area contributed by atoms with Gasteiger partial charge in [0.25, 0.3) is 0 Å². The van der Waals surface area contributed by atoms with Crippen molar-refractivity contribution in [3.8, 4) is 0 Å². The molecule has 1 amide bonds. The average molecular weight is 455 g/mol. The molecule has 0 heterocycles. The first-order valence-corrected chi connectivity index (χ1v) is 9.27. The molecule has 0 saturated heterocycles. The van der Waals surface area contributed by atoms with E-state index in [1.807, 2.05) is 30.3 Å². The van der Waals surface area contributed by atoms with Crippen molar-refractivity contribution >= 4 is 49.4 Å². The summed E-state index contributed by atoms with van der Waals surface area (Å²) in [6, 6.07) is 16.3. The first kappa shape index (κ1) is 18.7. The molecule has 0 radical (unpaired) electrons. The molecule has 1 N–H and O–H groups in total. The van der Waals surface area contributed by atoms with E-state index < -0.39 is 4.83 Å². The van der Waals surface area contributed by atoms with Crippen molar-refractivity contribution in [3.63, 3.8) is 0 Å². The van der Waals surface area contributed by atoms with Crippen LogP contribution < -0.4 is 5.32 Å². The van der Waals surface area contributed by atoms with Crippen molar-refractivity contribution in [2.45, 2.75) is 16.6 Å². The second-order valence-corrected chi connectivity index (χ2v) is 6.97. The van der Waals surface area contributed by atoms with Gasteiger partial charge in [-0.05, 0) is 36.8 Å². The summed E-state index contributed by atoms with van der Waals surface area (Å²) in [7, 11) is 0. The number of rotatable bonds is 6. The van der Waals surface area contributed by atoms with Crippen molar-refractivity contribution in [2.24, 2.45) is 0 Å². The number of nitrogens with one attached hydrogen (secondary N) is 1. The van der Waals surface area contributed by atoms with E-state index in [9.17, 15) is 9.59 Å². The minimum Gasteiger partial charge on any atom is -0.462 e. The molecule has 0 spiro atoms. The number of amides is 1. The van der Waals surface area contributed by atoms with Gasteiger partial charge in [0, 0.05) is 5.69 Å². The summed E-state index contributed by atoms with van der Waals surface area (Å²) >= 11 is 6.97. The van der Waals surface area contributed by atoms with Gasteiger partial charge in [-0.1, -0.05) is 62.2 Å². The maximum absolute atomic E-state index is 12.4. The number of benzene rings is 2. The third-order valence-corrected chi connectivity index (χ3v) is 6.00. The molecule has 0 saturated carbocycles. The van der Waals surface area contributed by atoms with Gasteiger partial charge in [0.1, 0.15) is 4.83 Å². The minimum atomic E-state index is -0.440. The molecule has 0 fully saturated rings. The van der Waals surface area contributed by atoms with Crippen molar-refractivity contribution < 1.29 is 14.3 Å². The van der Waals surface area contributed by atoms with Gasteiger partial charge in [-0.25, -0.2) is 4.79 Å². The van der Waals surface area contributed by atoms with Crippen molar-refractivity contribution in [2.75, 3.05) is 11.9 Å². The predicted octanol–water partition coefficient (Wildman–Crippen LogP) is 4.70. The van der Waals surface area contributed by atoms with Crippen molar-refractivity contribution in [1.29, 1.82) is 0 Å². The molecule has 2 unspecified atom stereocenters. The fourth-order valence-electron chi connectivity index (χ4n) is 2.05. The molecule has 6 heteroatoms. The Hall–Kier alpha value is -1.66. The summed E-state index contributed by atoms with van der Waals surface area (Å²) in [4.78, 5) is 23.4. The molecule has 0 aromatic heterocycles. The largest absolute Gasteiger partial charge is 0.462 e. The Balaban J connectivity index is 2.00. The summed E-state index contributed by atoms with van der Waals surface area (Å²) in [6.07, 6.45) is 0. The average Bonchev–Trinajstić information content (AvgIpc) is 2.62. The number of carbonyl (C=O) groups excluding carboxylic acids is 2. The monoisotopic (exact) mass is 453 g/mol. The van der Waals surface area contributed by atoms with Gasteiger partial charge in [0.2, 0.25) is 5.91 Å². The lowest BCUT2D eigenvalue weighted by Crippen LogP contribution is -2.26. The number of hydrogen-bond acceptors (Lipinski definition) is 3. The maximum atomic E-state index is 12.4. The van der Waals surface area contributed by atoms with Gasteiger partial charge in [0.15, 0.2) is 0 Å². The third-order valence-electron chi connectivity index (χ3n) is 3.29. The number of halogens is 2. The maximum Gasteiger partial charge on any atom is 0.338 e. The Morgan fingerprint density at radius 3 is 2.25 bits per heavy atom. The topological polar surface area (TPSA) is 55.4 Å². The van der Waals surface area contributed by atoms with E-state index in [2.05, 4.69) is 37.2 Å². The molecule has 2 rings (SSSR count). The first-order valence-electron chi connectivity index (χ1n) is 7.44. The van der Waals surface area contributed by atoms with Crippen LogP contribution in [0.2, 0.25) is 0 Å². The third kappa shape index (κ3) is 4.92. The van der Waals surface area contributed by atoms with Crippen LogP contribution >= 0.6 is 31.9 Å². The molecule has 0 aliphatic rings. The fraction of sp³-hybridized carbons (Fsp3) is 0.222. The van der Waals surface area contributed by atoms with Crippen molar-refractivity contribution in [1.82, 2.24) is 0 Å². The molecule has 0 aliphatic carbocycles. The van der Waals surface area contributed by atoms with E-state index in [1.54, 1.807) is 31.2 Å². The Kier molecular flexibility index (Phi) is 6.99. The standard InChI is InChI=1S/C18H17Br2NO3/c1-2-24-18(23)13-8-10-14(11-9-13)21-17(22)16(20)15(19)12-6-4-3-5-7-12/h3-11,15-16H,2H2,1H3,(H,21,22). The first-order chi connectivity index (χ1) is 11.5. The van der Waals surface area contributed by atoms with Crippen LogP contribution in [0.1, 0.15) is 27.7 Å². The minimum absolute atomic E-state index is 0.155. The summed E-state index contributed by atoms with van der Waals surface area (Å²) in [5.74, 6) is -0.553. The van der Waals surface area contributed by atoms with Gasteiger partial charge in [-0.3, -0.25) is 4.79 Å². The highest BCUT2D eigenvalue weighted by molar-refractivity contribution is 9.12. The summed E-state index contributed by atoms with van der Waals surface area (Å²) in [5, 5.41) is 2.82. The van der Waals surface area contributed by atoms with E-state index in [-0.39, 0.29) is 16.7 Å². The molecule has 126 valence electrons. The number of alkyl halides is 2. The Labute approximate surface area is 157 Å². The highest BCUT2D eigenvalue weighted by atomic mass is 79.9. The van der Waals surface area contributed by atoms with Crippen LogP contribution in [-0.4, -0.2) is 23.3 Å². The number of carbonyl (C=O) groups is 2. The highest BCUT2D eigenvalue weighted by Crippen LogP contribution is 2.31. The molecule has 24 heavy (non-hydrogen) atoms. The molecule has 0 bridgehead atoms. The lowest BCUT2D eigenvalue weighted by Gasteiger charge is -2.17. The predicted molar refractivity (Wildman–Crippen MR) is 102 cm³/mol. The number of hydrogen-bond donors (Lipinski definition) is 1.